The third kappa shape index (κ3) is 2.33. The number of rotatable bonds is 1. The van der Waals surface area contributed by atoms with E-state index in [2.05, 4.69) is 4.98 Å². The summed E-state index contributed by atoms with van der Waals surface area (Å²) < 4.78 is 37.7. The van der Waals surface area contributed by atoms with E-state index in [1.54, 1.807) is 36.4 Å². The molecule has 90 valence electrons. The number of halogens is 3. The molecular formula is C13H7F3N2. The molecule has 0 fully saturated rings. The van der Waals surface area contributed by atoms with E-state index in [0.29, 0.717) is 17.5 Å². The molecule has 0 unspecified atom stereocenters. The predicted octanol–water partition coefficient (Wildman–Crippen LogP) is 3.64. The largest absolute Gasteiger partial charge is 0.419 e. The second-order valence-electron chi connectivity index (χ2n) is 3.59. The molecule has 0 saturated heterocycles. The molecule has 0 aliphatic rings. The lowest BCUT2D eigenvalue weighted by Gasteiger charge is -2.09. The van der Waals surface area contributed by atoms with Crippen LogP contribution in [0, 0.1) is 11.3 Å². The molecule has 0 aliphatic heterocycles. The van der Waals surface area contributed by atoms with Crippen LogP contribution in [-0.4, -0.2) is 4.98 Å². The average Bonchev–Trinajstić information content (AvgIpc) is 2.38. The van der Waals surface area contributed by atoms with Gasteiger partial charge in [0.05, 0.1) is 22.9 Å². The summed E-state index contributed by atoms with van der Waals surface area (Å²) in [6.45, 7) is 0. The fraction of sp³-hybridized carbons (Fsp3) is 0.0769. The smallest absolute Gasteiger partial charge is 0.256 e. The van der Waals surface area contributed by atoms with Crippen LogP contribution >= 0.6 is 0 Å². The molecule has 0 N–H and O–H groups in total. The first kappa shape index (κ1) is 12.1. The summed E-state index contributed by atoms with van der Waals surface area (Å²) in [6, 6.07) is 11.4. The number of alkyl halides is 3. The number of nitriles is 1. The summed E-state index contributed by atoms with van der Waals surface area (Å²) in [5.41, 5.74) is -0.413. The molecule has 0 saturated carbocycles. The summed E-state index contributed by atoms with van der Waals surface area (Å²) in [7, 11) is 0. The van der Waals surface area contributed by atoms with Gasteiger partial charge in [-0.2, -0.15) is 18.4 Å². The Morgan fingerprint density at radius 1 is 1.11 bits per heavy atom. The Morgan fingerprint density at radius 3 is 2.33 bits per heavy atom. The molecule has 18 heavy (non-hydrogen) atoms. The van der Waals surface area contributed by atoms with Crippen molar-refractivity contribution in [3.8, 4) is 17.3 Å². The Morgan fingerprint density at radius 2 is 1.78 bits per heavy atom. The Kier molecular flexibility index (Phi) is 3.02. The number of pyridine rings is 1. The standard InChI is InChI=1S/C13H7F3N2/c14-13(15,16)11-8-18-12(6-10(11)7-17)9-4-2-1-3-5-9/h1-6,8H. The van der Waals surface area contributed by atoms with E-state index in [1.807, 2.05) is 0 Å². The molecule has 0 spiro atoms. The monoisotopic (exact) mass is 248 g/mol. The van der Waals surface area contributed by atoms with Gasteiger partial charge in [0.1, 0.15) is 0 Å². The quantitative estimate of drug-likeness (QED) is 0.772. The molecule has 0 amide bonds. The fourth-order valence-corrected chi connectivity index (χ4v) is 1.54. The van der Waals surface area contributed by atoms with Crippen LogP contribution in [-0.2, 0) is 6.18 Å². The molecule has 1 heterocycles. The molecular weight excluding hydrogens is 241 g/mol. The van der Waals surface area contributed by atoms with Crippen LogP contribution < -0.4 is 0 Å². The van der Waals surface area contributed by atoms with Crippen LogP contribution in [0.4, 0.5) is 13.2 Å². The van der Waals surface area contributed by atoms with E-state index in [9.17, 15) is 13.2 Å². The summed E-state index contributed by atoms with van der Waals surface area (Å²) in [5.74, 6) is 0. The van der Waals surface area contributed by atoms with E-state index in [0.717, 1.165) is 6.07 Å². The van der Waals surface area contributed by atoms with Crippen molar-refractivity contribution in [1.29, 1.82) is 5.26 Å². The minimum absolute atomic E-state index is 0.347. The van der Waals surface area contributed by atoms with E-state index in [-0.39, 0.29) is 0 Å². The highest BCUT2D eigenvalue weighted by Crippen LogP contribution is 2.32. The fourth-order valence-electron chi connectivity index (χ4n) is 1.54. The molecule has 2 nitrogen and oxygen atoms in total. The minimum Gasteiger partial charge on any atom is -0.256 e. The summed E-state index contributed by atoms with van der Waals surface area (Å²) in [4.78, 5) is 3.75. The lowest BCUT2D eigenvalue weighted by molar-refractivity contribution is -0.138. The molecule has 1 aromatic carbocycles. The lowest BCUT2D eigenvalue weighted by Crippen LogP contribution is -2.08. The van der Waals surface area contributed by atoms with Crippen LogP contribution in [0.3, 0.4) is 0 Å². The van der Waals surface area contributed by atoms with Crippen LogP contribution in [0.25, 0.3) is 11.3 Å². The molecule has 2 aromatic rings. The zero-order valence-corrected chi connectivity index (χ0v) is 9.07. The van der Waals surface area contributed by atoms with Gasteiger partial charge in [0.25, 0.3) is 0 Å². The Hall–Kier alpha value is -2.35. The zero-order valence-electron chi connectivity index (χ0n) is 9.07. The van der Waals surface area contributed by atoms with E-state index in [1.165, 1.54) is 0 Å². The molecule has 0 radical (unpaired) electrons. The Labute approximate surface area is 101 Å². The van der Waals surface area contributed by atoms with E-state index < -0.39 is 17.3 Å². The third-order valence-electron chi connectivity index (χ3n) is 2.40. The number of benzene rings is 1. The normalized spacial score (nSPS) is 11.0. The summed E-state index contributed by atoms with van der Waals surface area (Å²) in [6.07, 6.45) is -3.87. The van der Waals surface area contributed by atoms with Gasteiger partial charge in [0.2, 0.25) is 0 Å². The van der Waals surface area contributed by atoms with Crippen LogP contribution in [0.5, 0.6) is 0 Å². The van der Waals surface area contributed by atoms with Gasteiger partial charge < -0.3 is 0 Å². The first-order chi connectivity index (χ1) is 8.52. The van der Waals surface area contributed by atoms with E-state index in [4.69, 9.17) is 5.26 Å². The van der Waals surface area contributed by atoms with Crippen molar-refractivity contribution in [3.05, 3.63) is 53.7 Å². The van der Waals surface area contributed by atoms with Gasteiger partial charge in [-0.25, -0.2) is 0 Å². The first-order valence-corrected chi connectivity index (χ1v) is 5.05. The van der Waals surface area contributed by atoms with Gasteiger partial charge in [-0.05, 0) is 6.07 Å². The van der Waals surface area contributed by atoms with Crippen LogP contribution in [0.15, 0.2) is 42.6 Å². The Bertz CT molecular complexity index is 598. The zero-order chi connectivity index (χ0) is 13.2. The minimum atomic E-state index is -4.56. The number of hydrogen-bond donors (Lipinski definition) is 0. The van der Waals surface area contributed by atoms with Gasteiger partial charge in [0.15, 0.2) is 0 Å². The Balaban J connectivity index is 2.54. The van der Waals surface area contributed by atoms with Crippen molar-refractivity contribution >= 4 is 0 Å². The van der Waals surface area contributed by atoms with Crippen molar-refractivity contribution in [3.63, 3.8) is 0 Å². The van der Waals surface area contributed by atoms with Crippen molar-refractivity contribution < 1.29 is 13.2 Å². The summed E-state index contributed by atoms with van der Waals surface area (Å²) in [5, 5.41) is 8.78. The van der Waals surface area contributed by atoms with Gasteiger partial charge in [0, 0.05) is 11.8 Å². The van der Waals surface area contributed by atoms with E-state index >= 15 is 0 Å². The van der Waals surface area contributed by atoms with Gasteiger partial charge in [-0.3, -0.25) is 4.98 Å². The number of nitrogens with zero attached hydrogens (tertiary/aromatic N) is 2. The van der Waals surface area contributed by atoms with Crippen LogP contribution in [0.2, 0.25) is 0 Å². The van der Waals surface area contributed by atoms with Gasteiger partial charge in [-0.1, -0.05) is 30.3 Å². The second-order valence-corrected chi connectivity index (χ2v) is 3.59. The molecule has 1 aromatic heterocycles. The average molecular weight is 248 g/mol. The molecule has 0 bridgehead atoms. The predicted molar refractivity (Wildman–Crippen MR) is 59.4 cm³/mol. The lowest BCUT2D eigenvalue weighted by atomic mass is 10.1. The molecule has 0 atom stereocenters. The highest BCUT2D eigenvalue weighted by Gasteiger charge is 2.34. The maximum absolute atomic E-state index is 12.6. The SMILES string of the molecule is N#Cc1cc(-c2ccccc2)ncc1C(F)(F)F. The number of aromatic nitrogens is 1. The van der Waals surface area contributed by atoms with Crippen LogP contribution in [0.1, 0.15) is 11.1 Å². The van der Waals surface area contributed by atoms with Crippen molar-refractivity contribution in [2.24, 2.45) is 0 Å². The molecule has 5 heteroatoms. The highest BCUT2D eigenvalue weighted by atomic mass is 19.4. The van der Waals surface area contributed by atoms with Crippen molar-refractivity contribution in [2.45, 2.75) is 6.18 Å². The highest BCUT2D eigenvalue weighted by molar-refractivity contribution is 5.61. The van der Waals surface area contributed by atoms with Gasteiger partial charge >= 0.3 is 6.18 Å². The van der Waals surface area contributed by atoms with Crippen molar-refractivity contribution in [2.75, 3.05) is 0 Å². The maximum atomic E-state index is 12.6. The summed E-state index contributed by atoms with van der Waals surface area (Å²) >= 11 is 0. The molecule has 2 rings (SSSR count). The topological polar surface area (TPSA) is 36.7 Å². The third-order valence-corrected chi connectivity index (χ3v) is 2.40. The van der Waals surface area contributed by atoms with Crippen molar-refractivity contribution in [1.82, 2.24) is 4.98 Å². The molecule has 0 aliphatic carbocycles. The number of hydrogen-bond acceptors (Lipinski definition) is 2. The first-order valence-electron chi connectivity index (χ1n) is 5.05. The second kappa shape index (κ2) is 4.49. The van der Waals surface area contributed by atoms with Gasteiger partial charge in [-0.15, -0.1) is 0 Å². The maximum Gasteiger partial charge on any atom is 0.419 e.